The van der Waals surface area contributed by atoms with E-state index in [1.54, 1.807) is 27.8 Å². The summed E-state index contributed by atoms with van der Waals surface area (Å²) >= 11 is 0. The number of pyridine rings is 1. The zero-order valence-electron chi connectivity index (χ0n) is 14.4. The molecule has 3 amide bonds. The maximum absolute atomic E-state index is 12.6. The minimum atomic E-state index is -0.310. The number of aromatic nitrogens is 3. The van der Waals surface area contributed by atoms with E-state index in [-0.39, 0.29) is 23.6 Å². The van der Waals surface area contributed by atoms with Gasteiger partial charge in [-0.25, -0.2) is 9.97 Å². The third-order valence-corrected chi connectivity index (χ3v) is 4.32. The van der Waals surface area contributed by atoms with E-state index in [1.807, 2.05) is 0 Å². The standard InChI is InChI=1S/C17H20N6O3/c1-11(24)21-13-2-3-15(19-8-13)23-9-14(20-10-23)17(26)22-6-4-12(5-7-22)16(18)25/h2-3,8-10,12H,4-7H2,1H3,(H2,18,25)(H,21,24). The number of imidazole rings is 1. The van der Waals surface area contributed by atoms with Gasteiger partial charge in [0.2, 0.25) is 11.8 Å². The molecule has 0 radical (unpaired) electrons. The molecule has 0 saturated carbocycles. The van der Waals surface area contributed by atoms with Crippen LogP contribution in [0.4, 0.5) is 5.69 Å². The van der Waals surface area contributed by atoms with Crippen molar-refractivity contribution in [2.24, 2.45) is 11.7 Å². The Labute approximate surface area is 150 Å². The molecular weight excluding hydrogens is 336 g/mol. The summed E-state index contributed by atoms with van der Waals surface area (Å²) in [6.07, 6.45) is 5.82. The van der Waals surface area contributed by atoms with Crippen molar-refractivity contribution < 1.29 is 14.4 Å². The zero-order valence-corrected chi connectivity index (χ0v) is 14.4. The molecule has 3 rings (SSSR count). The fraction of sp³-hybridized carbons (Fsp3) is 0.353. The van der Waals surface area contributed by atoms with Gasteiger partial charge in [-0.1, -0.05) is 0 Å². The number of hydrogen-bond acceptors (Lipinski definition) is 5. The quantitative estimate of drug-likeness (QED) is 0.829. The highest BCUT2D eigenvalue weighted by Gasteiger charge is 2.27. The van der Waals surface area contributed by atoms with E-state index in [9.17, 15) is 14.4 Å². The topological polar surface area (TPSA) is 123 Å². The van der Waals surface area contributed by atoms with Gasteiger partial charge < -0.3 is 16.0 Å². The molecule has 0 aromatic carbocycles. The number of piperidine rings is 1. The highest BCUT2D eigenvalue weighted by molar-refractivity contribution is 5.92. The molecule has 136 valence electrons. The van der Waals surface area contributed by atoms with Gasteiger partial charge in [0.1, 0.15) is 17.8 Å². The van der Waals surface area contributed by atoms with Crippen molar-refractivity contribution in [1.82, 2.24) is 19.4 Å². The summed E-state index contributed by atoms with van der Waals surface area (Å²) in [4.78, 5) is 44.9. The van der Waals surface area contributed by atoms with Gasteiger partial charge in [-0.3, -0.25) is 19.0 Å². The molecule has 0 unspecified atom stereocenters. The summed E-state index contributed by atoms with van der Waals surface area (Å²) in [6.45, 7) is 2.40. The molecule has 0 aliphatic carbocycles. The van der Waals surface area contributed by atoms with Crippen molar-refractivity contribution in [3.8, 4) is 5.82 Å². The van der Waals surface area contributed by atoms with Gasteiger partial charge in [-0.15, -0.1) is 0 Å². The van der Waals surface area contributed by atoms with Crippen molar-refractivity contribution in [3.05, 3.63) is 36.5 Å². The smallest absolute Gasteiger partial charge is 0.274 e. The molecule has 9 nitrogen and oxygen atoms in total. The van der Waals surface area contributed by atoms with Crippen LogP contribution >= 0.6 is 0 Å². The molecule has 9 heteroatoms. The third-order valence-electron chi connectivity index (χ3n) is 4.32. The molecule has 2 aromatic rings. The van der Waals surface area contributed by atoms with E-state index >= 15 is 0 Å². The van der Waals surface area contributed by atoms with Crippen LogP contribution < -0.4 is 11.1 Å². The predicted molar refractivity (Wildman–Crippen MR) is 93.5 cm³/mol. The van der Waals surface area contributed by atoms with Crippen LogP contribution in [0.15, 0.2) is 30.9 Å². The van der Waals surface area contributed by atoms with Crippen LogP contribution in [0.1, 0.15) is 30.3 Å². The van der Waals surface area contributed by atoms with Crippen LogP contribution in [0.5, 0.6) is 0 Å². The Morgan fingerprint density at radius 3 is 2.50 bits per heavy atom. The first-order chi connectivity index (χ1) is 12.4. The molecule has 0 bridgehead atoms. The van der Waals surface area contributed by atoms with Crippen molar-refractivity contribution in [3.63, 3.8) is 0 Å². The highest BCUT2D eigenvalue weighted by atomic mass is 16.2. The van der Waals surface area contributed by atoms with Crippen LogP contribution in [-0.2, 0) is 9.59 Å². The van der Waals surface area contributed by atoms with Crippen molar-refractivity contribution in [2.75, 3.05) is 18.4 Å². The Morgan fingerprint density at radius 1 is 1.19 bits per heavy atom. The first kappa shape index (κ1) is 17.6. The minimum Gasteiger partial charge on any atom is -0.369 e. The Balaban J connectivity index is 1.67. The number of likely N-dealkylation sites (tertiary alicyclic amines) is 1. The number of primary amides is 1. The lowest BCUT2D eigenvalue weighted by Crippen LogP contribution is -2.41. The molecule has 3 heterocycles. The van der Waals surface area contributed by atoms with Crippen LogP contribution in [0, 0.1) is 5.92 Å². The Kier molecular flexibility index (Phi) is 4.97. The number of nitrogens with zero attached hydrogens (tertiary/aromatic N) is 4. The van der Waals surface area contributed by atoms with Gasteiger partial charge in [0.15, 0.2) is 0 Å². The maximum atomic E-state index is 12.6. The summed E-state index contributed by atoms with van der Waals surface area (Å²) in [6, 6.07) is 3.44. The van der Waals surface area contributed by atoms with Crippen LogP contribution in [0.2, 0.25) is 0 Å². The number of amides is 3. The molecule has 1 aliphatic heterocycles. The fourth-order valence-corrected chi connectivity index (χ4v) is 2.90. The second kappa shape index (κ2) is 7.34. The number of carbonyl (C=O) groups excluding carboxylic acids is 3. The first-order valence-electron chi connectivity index (χ1n) is 8.30. The van der Waals surface area contributed by atoms with E-state index < -0.39 is 0 Å². The molecule has 2 aromatic heterocycles. The normalized spacial score (nSPS) is 14.9. The predicted octanol–water partition coefficient (Wildman–Crippen LogP) is 0.563. The lowest BCUT2D eigenvalue weighted by molar-refractivity contribution is -0.123. The second-order valence-corrected chi connectivity index (χ2v) is 6.22. The first-order valence-corrected chi connectivity index (χ1v) is 8.30. The van der Waals surface area contributed by atoms with Crippen molar-refractivity contribution >= 4 is 23.4 Å². The van der Waals surface area contributed by atoms with E-state index in [2.05, 4.69) is 15.3 Å². The highest BCUT2D eigenvalue weighted by Crippen LogP contribution is 2.19. The number of nitrogens with two attached hydrogens (primary N) is 1. The Bertz CT molecular complexity index is 821. The SMILES string of the molecule is CC(=O)Nc1ccc(-n2cnc(C(=O)N3CCC(C(N)=O)CC3)c2)nc1. The number of carbonyl (C=O) groups is 3. The second-order valence-electron chi connectivity index (χ2n) is 6.22. The molecule has 1 fully saturated rings. The molecule has 3 N–H and O–H groups in total. The average Bonchev–Trinajstić information content (AvgIpc) is 3.11. The van der Waals surface area contributed by atoms with E-state index in [0.717, 1.165) is 0 Å². The fourth-order valence-electron chi connectivity index (χ4n) is 2.90. The summed E-state index contributed by atoms with van der Waals surface area (Å²) in [5.74, 6) is -0.243. The van der Waals surface area contributed by atoms with Crippen molar-refractivity contribution in [2.45, 2.75) is 19.8 Å². The van der Waals surface area contributed by atoms with Crippen LogP contribution in [0.25, 0.3) is 5.82 Å². The summed E-state index contributed by atoms with van der Waals surface area (Å²) < 4.78 is 1.64. The van der Waals surface area contributed by atoms with Crippen LogP contribution in [0.3, 0.4) is 0 Å². The Hall–Kier alpha value is -3.23. The van der Waals surface area contributed by atoms with E-state index in [0.29, 0.717) is 43.1 Å². The monoisotopic (exact) mass is 356 g/mol. The van der Waals surface area contributed by atoms with Crippen LogP contribution in [-0.4, -0.2) is 50.2 Å². The number of nitrogens with one attached hydrogen (secondary N) is 1. The largest absolute Gasteiger partial charge is 0.369 e. The number of hydrogen-bond donors (Lipinski definition) is 2. The van der Waals surface area contributed by atoms with Gasteiger partial charge in [0.25, 0.3) is 5.91 Å². The van der Waals surface area contributed by atoms with Gasteiger partial charge >= 0.3 is 0 Å². The van der Waals surface area contributed by atoms with Gasteiger partial charge in [0, 0.05) is 32.1 Å². The summed E-state index contributed by atoms with van der Waals surface area (Å²) in [5.41, 5.74) is 6.22. The number of rotatable bonds is 4. The minimum absolute atomic E-state index is 0.164. The lowest BCUT2D eigenvalue weighted by Gasteiger charge is -2.29. The average molecular weight is 356 g/mol. The lowest BCUT2D eigenvalue weighted by atomic mass is 9.96. The third kappa shape index (κ3) is 3.88. The van der Waals surface area contributed by atoms with Gasteiger partial charge in [-0.2, -0.15) is 0 Å². The summed E-state index contributed by atoms with van der Waals surface area (Å²) in [5, 5.41) is 2.64. The van der Waals surface area contributed by atoms with Gasteiger partial charge in [0.05, 0.1) is 11.9 Å². The van der Waals surface area contributed by atoms with E-state index in [1.165, 1.54) is 19.4 Å². The molecule has 1 saturated heterocycles. The van der Waals surface area contributed by atoms with E-state index in [4.69, 9.17) is 5.73 Å². The molecule has 1 aliphatic rings. The van der Waals surface area contributed by atoms with Gasteiger partial charge in [-0.05, 0) is 25.0 Å². The zero-order chi connectivity index (χ0) is 18.7. The molecule has 0 spiro atoms. The Morgan fingerprint density at radius 2 is 1.92 bits per heavy atom. The molecular formula is C17H20N6O3. The number of anilines is 1. The maximum Gasteiger partial charge on any atom is 0.274 e. The summed E-state index contributed by atoms with van der Waals surface area (Å²) in [7, 11) is 0. The van der Waals surface area contributed by atoms with Crippen molar-refractivity contribution in [1.29, 1.82) is 0 Å². The molecule has 0 atom stereocenters. The molecule has 26 heavy (non-hydrogen) atoms.